The van der Waals surface area contributed by atoms with Crippen LogP contribution in [0.1, 0.15) is 56.4 Å². The molecule has 1 aliphatic carbocycles. The fraction of sp³-hybridized carbons (Fsp3) is 0.542. The molecule has 1 aromatic heterocycles. The summed E-state index contributed by atoms with van der Waals surface area (Å²) in [6.45, 7) is 7.26. The lowest BCUT2D eigenvalue weighted by Crippen LogP contribution is -2.36. The molecule has 1 unspecified atom stereocenters. The molecular formula is C24H30BF2N3O6. The smallest absolute Gasteiger partial charge is 0.492 e. The average molecular weight is 505 g/mol. The molecule has 1 atom stereocenters. The van der Waals surface area contributed by atoms with Gasteiger partial charge in [-0.2, -0.15) is 0 Å². The number of nitrogens with one attached hydrogen (secondary N) is 1. The highest BCUT2D eigenvalue weighted by Crippen LogP contribution is 2.43. The van der Waals surface area contributed by atoms with Crippen molar-refractivity contribution in [2.75, 3.05) is 31.6 Å². The SMILES string of the molecule is COc1c(N2CCC(CNC(=O)OC(C)(C)C)C2)ccc2c(=O)c(C(=O)OB(F)F)cn(C3CC3)c12. The van der Waals surface area contributed by atoms with Gasteiger partial charge in [-0.3, -0.25) is 4.79 Å². The first kappa shape index (κ1) is 25.8. The van der Waals surface area contributed by atoms with E-state index in [9.17, 15) is 23.0 Å². The molecule has 0 spiro atoms. The lowest BCUT2D eigenvalue weighted by molar-refractivity contribution is 0.0520. The van der Waals surface area contributed by atoms with Gasteiger partial charge in [0.15, 0.2) is 5.75 Å². The second-order valence-electron chi connectivity index (χ2n) is 10.2. The fourth-order valence-electron chi connectivity index (χ4n) is 4.55. The summed E-state index contributed by atoms with van der Waals surface area (Å²) in [5, 5.41) is 3.02. The number of hydrogen-bond acceptors (Lipinski definition) is 7. The quantitative estimate of drug-likeness (QED) is 0.572. The van der Waals surface area contributed by atoms with Crippen molar-refractivity contribution >= 4 is 36.1 Å². The zero-order chi connectivity index (χ0) is 26.2. The van der Waals surface area contributed by atoms with E-state index in [1.165, 1.54) is 13.3 Å². The lowest BCUT2D eigenvalue weighted by atomic mass is 10.1. The van der Waals surface area contributed by atoms with Crippen LogP contribution in [0.5, 0.6) is 5.75 Å². The van der Waals surface area contributed by atoms with E-state index in [2.05, 4.69) is 14.9 Å². The van der Waals surface area contributed by atoms with Crippen molar-refractivity contribution < 1.29 is 32.3 Å². The number of pyridine rings is 1. The number of ether oxygens (including phenoxy) is 2. The Morgan fingerprint density at radius 3 is 2.53 bits per heavy atom. The van der Waals surface area contributed by atoms with Gasteiger partial charge in [0, 0.05) is 31.9 Å². The Balaban J connectivity index is 1.62. The molecule has 2 fully saturated rings. The summed E-state index contributed by atoms with van der Waals surface area (Å²) >= 11 is 0. The zero-order valence-electron chi connectivity index (χ0n) is 20.8. The highest BCUT2D eigenvalue weighted by molar-refractivity contribution is 6.38. The van der Waals surface area contributed by atoms with E-state index in [0.29, 0.717) is 24.4 Å². The maximum absolute atomic E-state index is 13.1. The number of benzene rings is 1. The predicted molar refractivity (Wildman–Crippen MR) is 131 cm³/mol. The van der Waals surface area contributed by atoms with Gasteiger partial charge in [-0.15, -0.1) is 0 Å². The van der Waals surface area contributed by atoms with Gasteiger partial charge in [-0.25, -0.2) is 18.2 Å². The van der Waals surface area contributed by atoms with Crippen molar-refractivity contribution in [3.8, 4) is 5.75 Å². The maximum Gasteiger partial charge on any atom is 0.798 e. The molecule has 194 valence electrons. The van der Waals surface area contributed by atoms with Gasteiger partial charge in [0.2, 0.25) is 5.43 Å². The molecule has 0 radical (unpaired) electrons. The number of anilines is 1. The standard InChI is InChI=1S/C24H30BF2N3O6/c1-24(2,3)35-23(33)28-11-14-9-10-29(12-14)18-8-7-16-19(21(18)34-4)30(15-5-6-15)13-17(20(16)31)22(32)36-25(26)27/h7-8,13-15H,5-6,9-12H2,1-4H3,(H,28,33). The molecule has 1 saturated heterocycles. The monoisotopic (exact) mass is 505 g/mol. The minimum Gasteiger partial charge on any atom is -0.492 e. The molecule has 12 heteroatoms. The van der Waals surface area contributed by atoms with Crippen LogP contribution in [0, 0.1) is 5.92 Å². The van der Waals surface area contributed by atoms with Crippen LogP contribution in [-0.4, -0.2) is 56.4 Å². The largest absolute Gasteiger partial charge is 0.798 e. The number of fused-ring (bicyclic) bond motifs is 1. The number of alkyl carbamates (subject to hydrolysis) is 1. The summed E-state index contributed by atoms with van der Waals surface area (Å²) < 4.78 is 42.1. The Kier molecular flexibility index (Phi) is 7.15. The van der Waals surface area contributed by atoms with Crippen LogP contribution in [0.15, 0.2) is 23.1 Å². The lowest BCUT2D eigenvalue weighted by Gasteiger charge is -2.24. The summed E-state index contributed by atoms with van der Waals surface area (Å²) in [7, 11) is -1.80. The van der Waals surface area contributed by atoms with Crippen molar-refractivity contribution in [1.82, 2.24) is 9.88 Å². The molecular weight excluding hydrogens is 475 g/mol. The van der Waals surface area contributed by atoms with Crippen molar-refractivity contribution in [3.05, 3.63) is 34.1 Å². The second kappa shape index (κ2) is 9.98. The Morgan fingerprint density at radius 1 is 1.19 bits per heavy atom. The molecule has 2 aliphatic rings. The summed E-state index contributed by atoms with van der Waals surface area (Å²) in [6, 6.07) is 3.37. The molecule has 1 saturated carbocycles. The zero-order valence-corrected chi connectivity index (χ0v) is 20.8. The number of methoxy groups -OCH3 is 1. The molecule has 2 heterocycles. The van der Waals surface area contributed by atoms with E-state index in [4.69, 9.17) is 9.47 Å². The molecule has 36 heavy (non-hydrogen) atoms. The Labute approximate surface area is 207 Å². The minimum atomic E-state index is -3.31. The number of nitrogens with zero attached hydrogens (tertiary/aromatic N) is 2. The minimum absolute atomic E-state index is 0.0275. The van der Waals surface area contributed by atoms with E-state index >= 15 is 0 Å². The summed E-state index contributed by atoms with van der Waals surface area (Å²) in [6.07, 6.45) is 3.34. The average Bonchev–Trinajstić information content (AvgIpc) is 3.52. The highest BCUT2D eigenvalue weighted by atomic mass is 19.2. The van der Waals surface area contributed by atoms with E-state index in [1.54, 1.807) is 16.7 Å². The van der Waals surface area contributed by atoms with Crippen molar-refractivity contribution in [2.45, 2.75) is 51.7 Å². The van der Waals surface area contributed by atoms with Gasteiger partial charge < -0.3 is 28.9 Å². The van der Waals surface area contributed by atoms with Crippen LogP contribution in [0.2, 0.25) is 0 Å². The molecule has 1 amide bonds. The predicted octanol–water partition coefficient (Wildman–Crippen LogP) is 3.78. The number of hydrogen-bond donors (Lipinski definition) is 1. The molecule has 1 aromatic carbocycles. The highest BCUT2D eigenvalue weighted by Gasteiger charge is 2.33. The number of amides is 1. The summed E-state index contributed by atoms with van der Waals surface area (Å²) in [5.41, 5.74) is -0.386. The van der Waals surface area contributed by atoms with Gasteiger partial charge in [-0.05, 0) is 58.1 Å². The molecule has 2 aromatic rings. The van der Waals surface area contributed by atoms with Crippen LogP contribution < -0.4 is 20.4 Å². The van der Waals surface area contributed by atoms with E-state index in [1.807, 2.05) is 20.8 Å². The van der Waals surface area contributed by atoms with Gasteiger partial charge in [-0.1, -0.05) is 0 Å². The number of halogens is 2. The Hall–Kier alpha value is -3.31. The molecule has 4 rings (SSSR count). The normalized spacial score (nSPS) is 17.7. The first-order chi connectivity index (χ1) is 17.0. The number of carbonyl (C=O) groups is 2. The molecule has 1 N–H and O–H groups in total. The van der Waals surface area contributed by atoms with Crippen LogP contribution in [0.25, 0.3) is 10.9 Å². The van der Waals surface area contributed by atoms with E-state index in [0.717, 1.165) is 31.5 Å². The van der Waals surface area contributed by atoms with Gasteiger partial charge >= 0.3 is 19.5 Å². The third kappa shape index (κ3) is 5.57. The molecule has 1 aliphatic heterocycles. The van der Waals surface area contributed by atoms with Gasteiger partial charge in [0.05, 0.1) is 23.7 Å². The van der Waals surface area contributed by atoms with Crippen LogP contribution >= 0.6 is 0 Å². The van der Waals surface area contributed by atoms with Crippen LogP contribution in [0.4, 0.5) is 19.1 Å². The first-order valence-electron chi connectivity index (χ1n) is 11.9. The van der Waals surface area contributed by atoms with Gasteiger partial charge in [0.1, 0.15) is 11.2 Å². The van der Waals surface area contributed by atoms with Crippen molar-refractivity contribution in [3.63, 3.8) is 0 Å². The van der Waals surface area contributed by atoms with Crippen LogP contribution in [0.3, 0.4) is 0 Å². The fourth-order valence-corrected chi connectivity index (χ4v) is 4.55. The molecule has 9 nitrogen and oxygen atoms in total. The second-order valence-corrected chi connectivity index (χ2v) is 10.2. The van der Waals surface area contributed by atoms with Crippen molar-refractivity contribution in [2.24, 2.45) is 5.92 Å². The van der Waals surface area contributed by atoms with E-state index < -0.39 is 36.1 Å². The Morgan fingerprint density at radius 2 is 1.92 bits per heavy atom. The van der Waals surface area contributed by atoms with Gasteiger partial charge in [0.25, 0.3) is 0 Å². The van der Waals surface area contributed by atoms with Crippen molar-refractivity contribution in [1.29, 1.82) is 0 Å². The maximum atomic E-state index is 13.1. The first-order valence-corrected chi connectivity index (χ1v) is 11.9. The Bertz CT molecular complexity index is 1230. The third-order valence-electron chi connectivity index (χ3n) is 6.25. The topological polar surface area (TPSA) is 99.1 Å². The molecule has 0 bridgehead atoms. The third-order valence-corrected chi connectivity index (χ3v) is 6.25. The number of carbonyl (C=O) groups excluding carboxylic acids is 2. The summed E-state index contributed by atoms with van der Waals surface area (Å²) in [4.78, 5) is 39.4. The van der Waals surface area contributed by atoms with Crippen LogP contribution in [-0.2, 0) is 9.39 Å². The summed E-state index contributed by atoms with van der Waals surface area (Å²) in [5.74, 6) is -0.685. The van der Waals surface area contributed by atoms with E-state index in [-0.39, 0.29) is 17.3 Å². The number of rotatable bonds is 7. The number of aromatic nitrogens is 1.